The van der Waals surface area contributed by atoms with E-state index >= 15 is 0 Å². The Balaban J connectivity index is 1.58. The minimum atomic E-state index is -0.124. The number of rotatable bonds is 7. The number of nitrogens with zero attached hydrogens (tertiary/aromatic N) is 2. The van der Waals surface area contributed by atoms with E-state index < -0.39 is 0 Å². The summed E-state index contributed by atoms with van der Waals surface area (Å²) in [4.78, 5) is 21.3. The van der Waals surface area contributed by atoms with Crippen LogP contribution in [0.5, 0.6) is 5.75 Å². The zero-order valence-corrected chi connectivity index (χ0v) is 18.2. The van der Waals surface area contributed by atoms with Crippen LogP contribution in [0.3, 0.4) is 0 Å². The number of ether oxygens (including phenoxy) is 1. The van der Waals surface area contributed by atoms with E-state index in [1.54, 1.807) is 13.3 Å². The molecule has 158 valence electrons. The molecule has 4 rings (SSSR count). The number of likely N-dealkylation sites (tertiary alicyclic amines) is 1. The lowest BCUT2D eigenvalue weighted by Crippen LogP contribution is -2.27. The maximum absolute atomic E-state index is 12.8. The third-order valence-corrected chi connectivity index (χ3v) is 6.75. The average Bonchev–Trinajstić information content (AvgIpc) is 3.37. The molecule has 2 aromatic heterocycles. The summed E-state index contributed by atoms with van der Waals surface area (Å²) in [5.74, 6) is 1.07. The van der Waals surface area contributed by atoms with Crippen LogP contribution in [0.15, 0.2) is 36.5 Å². The summed E-state index contributed by atoms with van der Waals surface area (Å²) < 4.78 is 5.57. The molecule has 0 spiro atoms. The predicted molar refractivity (Wildman–Crippen MR) is 119 cm³/mol. The van der Waals surface area contributed by atoms with E-state index in [2.05, 4.69) is 46.4 Å². The van der Waals surface area contributed by atoms with E-state index in [1.807, 2.05) is 6.07 Å². The number of aromatic nitrogens is 1. The zero-order chi connectivity index (χ0) is 21.1. The number of hydrogen-bond donors (Lipinski definition) is 2. The van der Waals surface area contributed by atoms with Crippen molar-refractivity contribution in [1.82, 2.24) is 15.2 Å². The van der Waals surface area contributed by atoms with Gasteiger partial charge in [-0.2, -0.15) is 0 Å². The molecule has 1 atom stereocenters. The van der Waals surface area contributed by atoms with Crippen LogP contribution in [-0.2, 0) is 6.54 Å². The summed E-state index contributed by atoms with van der Waals surface area (Å²) in [5.41, 5.74) is 3.46. The van der Waals surface area contributed by atoms with Crippen molar-refractivity contribution in [1.29, 1.82) is 0 Å². The molecule has 3 aromatic rings. The fraction of sp³-hybridized carbons (Fsp3) is 0.391. The fourth-order valence-corrected chi connectivity index (χ4v) is 5.36. The number of aliphatic hydroxyl groups is 1. The number of hydrogen-bond acceptors (Lipinski definition) is 6. The Morgan fingerprint density at radius 2 is 2.27 bits per heavy atom. The second kappa shape index (κ2) is 9.12. The van der Waals surface area contributed by atoms with Crippen molar-refractivity contribution in [2.45, 2.75) is 25.8 Å². The first-order valence-electron chi connectivity index (χ1n) is 10.2. The van der Waals surface area contributed by atoms with Gasteiger partial charge >= 0.3 is 0 Å². The first-order chi connectivity index (χ1) is 14.6. The molecule has 0 bridgehead atoms. The molecule has 6 nitrogen and oxygen atoms in total. The van der Waals surface area contributed by atoms with Gasteiger partial charge in [0.05, 0.1) is 18.6 Å². The van der Waals surface area contributed by atoms with Gasteiger partial charge in [0.2, 0.25) is 0 Å². The van der Waals surface area contributed by atoms with Gasteiger partial charge in [0.1, 0.15) is 10.6 Å². The summed E-state index contributed by atoms with van der Waals surface area (Å²) in [6.07, 6.45) is 2.76. The van der Waals surface area contributed by atoms with Crippen LogP contribution in [0.2, 0.25) is 0 Å². The Kier molecular flexibility index (Phi) is 6.32. The van der Waals surface area contributed by atoms with Gasteiger partial charge in [0.25, 0.3) is 5.91 Å². The van der Waals surface area contributed by atoms with Crippen molar-refractivity contribution < 1.29 is 14.6 Å². The van der Waals surface area contributed by atoms with Gasteiger partial charge in [0, 0.05) is 42.7 Å². The Hall–Kier alpha value is -2.48. The van der Waals surface area contributed by atoms with Gasteiger partial charge in [0.15, 0.2) is 0 Å². The smallest absolute Gasteiger partial charge is 0.261 e. The normalized spacial score (nSPS) is 16.8. The Bertz CT molecular complexity index is 1050. The molecule has 7 heteroatoms. The van der Waals surface area contributed by atoms with Crippen LogP contribution in [0.1, 0.15) is 38.7 Å². The second-order valence-corrected chi connectivity index (χ2v) is 8.72. The lowest BCUT2D eigenvalue weighted by molar-refractivity contribution is 0.0947. The molecule has 1 amide bonds. The second-order valence-electron chi connectivity index (χ2n) is 7.72. The Morgan fingerprint density at radius 3 is 3.07 bits per heavy atom. The molecule has 0 radical (unpaired) electrons. The zero-order valence-electron chi connectivity index (χ0n) is 17.4. The van der Waals surface area contributed by atoms with E-state index in [4.69, 9.17) is 9.84 Å². The molecular weight excluding hydrogens is 398 g/mol. The number of aliphatic hydroxyl groups excluding tert-OH is 1. The fourth-order valence-electron chi connectivity index (χ4n) is 4.21. The first kappa shape index (κ1) is 20.8. The van der Waals surface area contributed by atoms with E-state index in [1.165, 1.54) is 22.5 Å². The minimum Gasteiger partial charge on any atom is -0.496 e. The number of nitrogens with one attached hydrogen (secondary N) is 1. The largest absolute Gasteiger partial charge is 0.496 e. The topological polar surface area (TPSA) is 74.7 Å². The van der Waals surface area contributed by atoms with Crippen LogP contribution >= 0.6 is 11.3 Å². The van der Waals surface area contributed by atoms with Gasteiger partial charge in [-0.3, -0.25) is 9.69 Å². The summed E-state index contributed by atoms with van der Waals surface area (Å²) in [6.45, 7) is 4.93. The van der Waals surface area contributed by atoms with Crippen molar-refractivity contribution in [2.75, 3.05) is 33.4 Å². The maximum Gasteiger partial charge on any atom is 0.261 e. The van der Waals surface area contributed by atoms with Gasteiger partial charge in [-0.05, 0) is 43.1 Å². The van der Waals surface area contributed by atoms with Crippen molar-refractivity contribution in [3.05, 3.63) is 58.1 Å². The van der Waals surface area contributed by atoms with E-state index in [9.17, 15) is 4.79 Å². The number of carbonyl (C=O) groups excluding carboxylic acids is 1. The van der Waals surface area contributed by atoms with Crippen molar-refractivity contribution in [3.8, 4) is 5.75 Å². The molecule has 1 saturated heterocycles. The summed E-state index contributed by atoms with van der Waals surface area (Å²) in [7, 11) is 1.72. The standard InChI is InChI=1S/C23H27N3O3S/c1-15-5-6-16(19(12-15)29-2)13-26-10-7-17(14-26)20-18-4-3-8-25-23(18)30-21(20)22(28)24-9-11-27/h3-6,8,12,17,27H,7,9-11,13-14H2,1-2H3,(H,24,28)/t17-/m1/s1. The van der Waals surface area contributed by atoms with Crippen LogP contribution < -0.4 is 10.1 Å². The molecule has 1 aromatic carbocycles. The summed E-state index contributed by atoms with van der Waals surface area (Å²) in [6, 6.07) is 10.3. The molecule has 0 saturated carbocycles. The van der Waals surface area contributed by atoms with Crippen LogP contribution in [0.4, 0.5) is 0 Å². The monoisotopic (exact) mass is 425 g/mol. The molecule has 30 heavy (non-hydrogen) atoms. The maximum atomic E-state index is 12.8. The van der Waals surface area contributed by atoms with E-state index in [0.717, 1.165) is 52.5 Å². The van der Waals surface area contributed by atoms with Crippen LogP contribution in [-0.4, -0.2) is 54.2 Å². The van der Waals surface area contributed by atoms with E-state index in [0.29, 0.717) is 0 Å². The van der Waals surface area contributed by atoms with Crippen LogP contribution in [0, 0.1) is 6.92 Å². The average molecular weight is 426 g/mol. The highest BCUT2D eigenvalue weighted by atomic mass is 32.1. The number of aryl methyl sites for hydroxylation is 1. The van der Waals surface area contributed by atoms with E-state index in [-0.39, 0.29) is 25.0 Å². The first-order valence-corrected chi connectivity index (χ1v) is 11.0. The highest BCUT2D eigenvalue weighted by Crippen LogP contribution is 2.40. The van der Waals surface area contributed by atoms with Gasteiger partial charge in [-0.25, -0.2) is 4.98 Å². The number of carbonyl (C=O) groups is 1. The molecule has 0 unspecified atom stereocenters. The van der Waals surface area contributed by atoms with Gasteiger partial charge in [-0.1, -0.05) is 18.2 Å². The molecule has 1 aliphatic rings. The SMILES string of the molecule is COc1cc(C)ccc1CN1CC[C@@H](c2c(C(=O)NCCO)sc3ncccc23)C1. The summed E-state index contributed by atoms with van der Waals surface area (Å²) in [5, 5.41) is 13.0. The highest BCUT2D eigenvalue weighted by molar-refractivity contribution is 7.20. The number of thiophene rings is 1. The highest BCUT2D eigenvalue weighted by Gasteiger charge is 2.31. The van der Waals surface area contributed by atoms with Gasteiger partial charge < -0.3 is 15.2 Å². The molecular formula is C23H27N3O3S. The third-order valence-electron chi connectivity index (χ3n) is 5.63. The van der Waals surface area contributed by atoms with Crippen molar-refractivity contribution in [2.24, 2.45) is 0 Å². The summed E-state index contributed by atoms with van der Waals surface area (Å²) >= 11 is 1.44. The number of pyridine rings is 1. The lowest BCUT2D eigenvalue weighted by Gasteiger charge is -2.19. The van der Waals surface area contributed by atoms with Gasteiger partial charge in [-0.15, -0.1) is 11.3 Å². The quantitative estimate of drug-likeness (QED) is 0.607. The molecule has 0 aliphatic carbocycles. The Morgan fingerprint density at radius 1 is 1.40 bits per heavy atom. The Labute approximate surface area is 180 Å². The molecule has 1 fully saturated rings. The predicted octanol–water partition coefficient (Wildman–Crippen LogP) is 3.32. The molecule has 3 heterocycles. The minimum absolute atomic E-state index is 0.0696. The molecule has 1 aliphatic heterocycles. The third kappa shape index (κ3) is 4.19. The number of methoxy groups -OCH3 is 1. The number of amides is 1. The molecule has 2 N–H and O–H groups in total. The number of benzene rings is 1. The number of fused-ring (bicyclic) bond motifs is 1. The van der Waals surface area contributed by atoms with Crippen LogP contribution in [0.25, 0.3) is 10.2 Å². The lowest BCUT2D eigenvalue weighted by atomic mass is 9.95. The van der Waals surface area contributed by atoms with Crippen molar-refractivity contribution in [3.63, 3.8) is 0 Å². The van der Waals surface area contributed by atoms with Crippen molar-refractivity contribution >= 4 is 27.5 Å².